The lowest BCUT2D eigenvalue weighted by Crippen LogP contribution is -2.36. The first-order valence-electron chi connectivity index (χ1n) is 8.95. The van der Waals surface area contributed by atoms with Gasteiger partial charge in [0.05, 0.1) is 12.7 Å². The van der Waals surface area contributed by atoms with Crippen molar-refractivity contribution >= 4 is 28.6 Å². The molecular weight excluding hydrogens is 403 g/mol. The summed E-state index contributed by atoms with van der Waals surface area (Å²) < 4.78 is 11.5. The Morgan fingerprint density at radius 3 is 2.78 bits per heavy atom. The lowest BCUT2D eigenvalue weighted by atomic mass is 9.82. The normalized spacial score (nSPS) is 30.8. The summed E-state index contributed by atoms with van der Waals surface area (Å²) in [6.07, 6.45) is 13.8. The van der Waals surface area contributed by atoms with Gasteiger partial charge in [0.15, 0.2) is 0 Å². The lowest BCUT2D eigenvalue weighted by molar-refractivity contribution is -0.139. The number of ether oxygens (including phenoxy) is 2. The predicted molar refractivity (Wildman–Crippen MR) is 102 cm³/mol. The molecular formula is C19H29IO3. The van der Waals surface area contributed by atoms with E-state index in [1.807, 2.05) is 13.8 Å². The van der Waals surface area contributed by atoms with E-state index in [1.165, 1.54) is 25.7 Å². The van der Waals surface area contributed by atoms with Crippen LogP contribution >= 0.6 is 22.6 Å². The van der Waals surface area contributed by atoms with E-state index in [4.69, 9.17) is 9.47 Å². The molecule has 0 aromatic carbocycles. The molecule has 23 heavy (non-hydrogen) atoms. The van der Waals surface area contributed by atoms with Crippen LogP contribution < -0.4 is 0 Å². The van der Waals surface area contributed by atoms with Crippen molar-refractivity contribution in [2.24, 2.45) is 11.8 Å². The highest BCUT2D eigenvalue weighted by atomic mass is 127. The molecule has 0 saturated carbocycles. The largest absolute Gasteiger partial charge is 0.463 e. The Morgan fingerprint density at radius 1 is 1.30 bits per heavy atom. The molecule has 0 aromatic heterocycles. The Hall–Kier alpha value is -0.360. The number of alkyl halides is 1. The summed E-state index contributed by atoms with van der Waals surface area (Å²) in [5, 5.41) is 0. The summed E-state index contributed by atoms with van der Waals surface area (Å²) in [4.78, 5) is 12.1. The van der Waals surface area contributed by atoms with Gasteiger partial charge < -0.3 is 9.47 Å². The zero-order valence-electron chi connectivity index (χ0n) is 14.3. The van der Waals surface area contributed by atoms with Crippen molar-refractivity contribution in [1.82, 2.24) is 0 Å². The number of hydrogen-bond acceptors (Lipinski definition) is 3. The van der Waals surface area contributed by atoms with Gasteiger partial charge in [0, 0.05) is 22.5 Å². The Kier molecular flexibility index (Phi) is 8.10. The van der Waals surface area contributed by atoms with Gasteiger partial charge in [-0.2, -0.15) is 0 Å². The number of carbonyl (C=O) groups excluding carboxylic acids is 1. The minimum Gasteiger partial charge on any atom is -0.463 e. The molecule has 4 heteroatoms. The van der Waals surface area contributed by atoms with Crippen molar-refractivity contribution in [3.63, 3.8) is 0 Å². The minimum absolute atomic E-state index is 0.122. The maximum Gasteiger partial charge on any atom is 0.333 e. The van der Waals surface area contributed by atoms with Crippen LogP contribution in [0.4, 0.5) is 0 Å². The van der Waals surface area contributed by atoms with Gasteiger partial charge in [0.2, 0.25) is 0 Å². The first-order valence-corrected chi connectivity index (χ1v) is 10.2. The predicted octanol–water partition coefficient (Wildman–Crippen LogP) is 4.84. The van der Waals surface area contributed by atoms with E-state index < -0.39 is 0 Å². The molecule has 1 unspecified atom stereocenters. The van der Waals surface area contributed by atoms with Gasteiger partial charge in [-0.15, -0.1) is 0 Å². The van der Waals surface area contributed by atoms with Crippen molar-refractivity contribution in [3.05, 3.63) is 23.8 Å². The summed E-state index contributed by atoms with van der Waals surface area (Å²) in [6.45, 7) is 5.00. The van der Waals surface area contributed by atoms with Gasteiger partial charge in [-0.3, -0.25) is 0 Å². The highest BCUT2D eigenvalue weighted by Gasteiger charge is 2.34. The van der Waals surface area contributed by atoms with E-state index >= 15 is 0 Å². The fraction of sp³-hybridized carbons (Fsp3) is 0.737. The van der Waals surface area contributed by atoms with Crippen LogP contribution in [0.5, 0.6) is 0 Å². The Morgan fingerprint density at radius 2 is 2.13 bits per heavy atom. The molecule has 2 aliphatic carbocycles. The van der Waals surface area contributed by atoms with Crippen LogP contribution in [-0.4, -0.2) is 29.2 Å². The number of carbonyl (C=O) groups is 1. The first-order chi connectivity index (χ1) is 11.2. The van der Waals surface area contributed by atoms with Crippen molar-refractivity contribution in [2.45, 2.75) is 62.4 Å². The average molecular weight is 432 g/mol. The zero-order chi connectivity index (χ0) is 16.7. The second-order valence-corrected chi connectivity index (χ2v) is 7.85. The maximum atomic E-state index is 12.1. The van der Waals surface area contributed by atoms with Crippen molar-refractivity contribution in [2.75, 3.05) is 13.2 Å². The van der Waals surface area contributed by atoms with E-state index in [2.05, 4.69) is 40.8 Å². The van der Waals surface area contributed by atoms with Gasteiger partial charge in [0.25, 0.3) is 0 Å². The Balaban J connectivity index is 2.03. The summed E-state index contributed by atoms with van der Waals surface area (Å²) in [5.74, 6) is 0.943. The quantitative estimate of drug-likeness (QED) is 0.250. The molecule has 0 heterocycles. The average Bonchev–Trinajstić information content (AvgIpc) is 2.57. The highest BCUT2D eigenvalue weighted by molar-refractivity contribution is 14.1. The van der Waals surface area contributed by atoms with Crippen molar-refractivity contribution < 1.29 is 14.3 Å². The van der Waals surface area contributed by atoms with Crippen molar-refractivity contribution in [1.29, 1.82) is 0 Å². The molecule has 2 aliphatic rings. The summed E-state index contributed by atoms with van der Waals surface area (Å²) in [7, 11) is 0. The van der Waals surface area contributed by atoms with E-state index in [-0.39, 0.29) is 12.1 Å². The monoisotopic (exact) mass is 432 g/mol. The molecule has 130 valence electrons. The summed E-state index contributed by atoms with van der Waals surface area (Å²) >= 11 is 2.51. The number of rotatable bonds is 7. The molecule has 0 N–H and O–H groups in total. The lowest BCUT2D eigenvalue weighted by Gasteiger charge is -2.33. The third-order valence-electron chi connectivity index (χ3n) is 4.74. The molecule has 0 aliphatic heterocycles. The van der Waals surface area contributed by atoms with Crippen LogP contribution in [-0.2, 0) is 14.3 Å². The van der Waals surface area contributed by atoms with Crippen molar-refractivity contribution in [3.8, 4) is 0 Å². The molecule has 3 nitrogen and oxygen atoms in total. The van der Waals surface area contributed by atoms with Gasteiger partial charge in [0.1, 0.15) is 0 Å². The number of hydrogen-bond donors (Lipinski definition) is 0. The van der Waals surface area contributed by atoms with Gasteiger partial charge in [-0.05, 0) is 57.8 Å². The molecule has 0 saturated heterocycles. The SMILES string of the molecule is CCOC(=O)C1=C[C@H](CC[C@H]2C=CCCC2)C(I)[C@H](OCC)C1. The number of allylic oxidation sites excluding steroid dienone is 3. The topological polar surface area (TPSA) is 35.5 Å². The van der Waals surface area contributed by atoms with E-state index in [0.717, 1.165) is 12.0 Å². The summed E-state index contributed by atoms with van der Waals surface area (Å²) in [6, 6.07) is 0. The van der Waals surface area contributed by atoms with E-state index in [1.54, 1.807) is 0 Å². The van der Waals surface area contributed by atoms with Crippen LogP contribution in [0, 0.1) is 11.8 Å². The molecule has 2 rings (SSSR count). The van der Waals surface area contributed by atoms with Crippen LogP contribution in [0.25, 0.3) is 0 Å². The Labute approximate surface area is 154 Å². The third kappa shape index (κ3) is 5.59. The first kappa shape index (κ1) is 19.0. The molecule has 4 atom stereocenters. The number of esters is 1. The Bertz CT molecular complexity index is 444. The van der Waals surface area contributed by atoms with Gasteiger partial charge >= 0.3 is 5.97 Å². The smallest absolute Gasteiger partial charge is 0.333 e. The molecule has 0 amide bonds. The molecule has 0 bridgehead atoms. The van der Waals surface area contributed by atoms with Crippen LogP contribution in [0.2, 0.25) is 0 Å². The van der Waals surface area contributed by atoms with E-state index in [0.29, 0.717) is 35.4 Å². The van der Waals surface area contributed by atoms with Crippen LogP contribution in [0.15, 0.2) is 23.8 Å². The second kappa shape index (κ2) is 9.82. The van der Waals surface area contributed by atoms with E-state index in [9.17, 15) is 4.79 Å². The van der Waals surface area contributed by atoms with Crippen LogP contribution in [0.1, 0.15) is 52.4 Å². The van der Waals surface area contributed by atoms with Gasteiger partial charge in [-0.1, -0.05) is 40.8 Å². The standard InChI is InChI=1S/C19H29IO3/c1-3-22-17-13-16(19(21)23-4-2)12-15(18(17)20)11-10-14-8-6-5-7-9-14/h6,8,12,14-15,17-18H,3-5,7,9-11,13H2,1-2H3/t14-,15-,17+,18?/m0/s1. The minimum atomic E-state index is -0.164. The fourth-order valence-electron chi connectivity index (χ4n) is 3.54. The molecule has 0 spiro atoms. The molecule has 0 fully saturated rings. The van der Waals surface area contributed by atoms with Crippen LogP contribution in [0.3, 0.4) is 0 Å². The second-order valence-electron chi connectivity index (χ2n) is 6.42. The number of halogens is 1. The maximum absolute atomic E-state index is 12.1. The van der Waals surface area contributed by atoms with Gasteiger partial charge in [-0.25, -0.2) is 4.79 Å². The molecule has 0 aromatic rings. The highest BCUT2D eigenvalue weighted by Crippen LogP contribution is 2.36. The fourth-order valence-corrected chi connectivity index (χ4v) is 4.57. The third-order valence-corrected chi connectivity index (χ3v) is 6.47. The summed E-state index contributed by atoms with van der Waals surface area (Å²) in [5.41, 5.74) is 0.808. The zero-order valence-corrected chi connectivity index (χ0v) is 16.5. The molecule has 0 radical (unpaired) electrons.